The number of carbonyl (C=O) groups is 1. The predicted molar refractivity (Wildman–Crippen MR) is 101 cm³/mol. The van der Waals surface area contributed by atoms with Crippen molar-refractivity contribution in [3.05, 3.63) is 66.7 Å². The predicted octanol–water partition coefficient (Wildman–Crippen LogP) is 4.48. The molecule has 1 aromatic carbocycles. The number of allylic oxidation sites excluding steroid dienone is 3. The van der Waals surface area contributed by atoms with E-state index < -0.39 is 0 Å². The average molecular weight is 332 g/mol. The second-order valence-electron chi connectivity index (χ2n) is 5.88. The average Bonchev–Trinajstić information content (AvgIpc) is 3.14. The van der Waals surface area contributed by atoms with E-state index in [2.05, 4.69) is 26.6 Å². The van der Waals surface area contributed by atoms with Crippen LogP contribution in [0, 0.1) is 0 Å². The molecule has 0 spiro atoms. The number of fused-ring (bicyclic) bond motifs is 1. The minimum absolute atomic E-state index is 0.0731. The van der Waals surface area contributed by atoms with Crippen molar-refractivity contribution < 1.29 is 4.79 Å². The maximum atomic E-state index is 12.1. The zero-order valence-electron chi connectivity index (χ0n) is 14.3. The summed E-state index contributed by atoms with van der Waals surface area (Å²) in [4.78, 5) is 16.5. The molecular formula is C20H20N4O. The minimum Gasteiger partial charge on any atom is -0.310 e. The number of nitrogens with zero attached hydrogens (tertiary/aromatic N) is 2. The second-order valence-corrected chi connectivity index (χ2v) is 5.88. The summed E-state index contributed by atoms with van der Waals surface area (Å²) in [5, 5.41) is 11.7. The summed E-state index contributed by atoms with van der Waals surface area (Å²) >= 11 is 0. The van der Waals surface area contributed by atoms with Gasteiger partial charge in [-0.3, -0.25) is 9.89 Å². The van der Waals surface area contributed by atoms with Gasteiger partial charge in [-0.15, -0.1) is 0 Å². The number of nitrogens with one attached hydrogen (secondary N) is 2. The van der Waals surface area contributed by atoms with Crippen molar-refractivity contribution in [1.29, 1.82) is 0 Å². The maximum absolute atomic E-state index is 12.1. The molecule has 2 heterocycles. The van der Waals surface area contributed by atoms with E-state index in [4.69, 9.17) is 0 Å². The highest BCUT2D eigenvalue weighted by atomic mass is 16.1. The van der Waals surface area contributed by atoms with Crippen molar-refractivity contribution in [3.63, 3.8) is 0 Å². The number of hydrogen-bond acceptors (Lipinski definition) is 3. The third-order valence-corrected chi connectivity index (χ3v) is 3.83. The molecule has 0 saturated heterocycles. The van der Waals surface area contributed by atoms with Crippen LogP contribution in [0.5, 0.6) is 0 Å². The van der Waals surface area contributed by atoms with Crippen molar-refractivity contribution in [2.24, 2.45) is 0 Å². The summed E-state index contributed by atoms with van der Waals surface area (Å²) < 4.78 is 0. The van der Waals surface area contributed by atoms with Crippen LogP contribution in [0.4, 0.5) is 5.82 Å². The number of pyridine rings is 1. The van der Waals surface area contributed by atoms with Crippen LogP contribution < -0.4 is 5.32 Å². The molecule has 3 aromatic rings. The Kier molecular flexibility index (Phi) is 5.04. The van der Waals surface area contributed by atoms with Crippen molar-refractivity contribution in [3.8, 4) is 11.1 Å². The number of carbonyl (C=O) groups excluding carboxylic acids is 1. The van der Waals surface area contributed by atoms with Crippen LogP contribution in [0.3, 0.4) is 0 Å². The number of aromatic amines is 1. The highest BCUT2D eigenvalue weighted by molar-refractivity contribution is 5.94. The van der Waals surface area contributed by atoms with Crippen LogP contribution in [0.1, 0.15) is 20.3 Å². The van der Waals surface area contributed by atoms with Gasteiger partial charge in [0.2, 0.25) is 5.91 Å². The number of anilines is 1. The zero-order chi connectivity index (χ0) is 17.6. The molecule has 0 atom stereocenters. The zero-order valence-corrected chi connectivity index (χ0v) is 14.3. The Bertz CT molecular complexity index is 939. The van der Waals surface area contributed by atoms with Crippen molar-refractivity contribution in [2.45, 2.75) is 20.3 Å². The Hall–Kier alpha value is -3.21. The summed E-state index contributed by atoms with van der Waals surface area (Å²) in [6.07, 6.45) is 11.5. The summed E-state index contributed by atoms with van der Waals surface area (Å²) in [6.45, 7) is 3.88. The van der Waals surface area contributed by atoms with Gasteiger partial charge in [0.05, 0.1) is 6.20 Å². The Labute approximate surface area is 146 Å². The van der Waals surface area contributed by atoms with E-state index in [9.17, 15) is 4.79 Å². The highest BCUT2D eigenvalue weighted by Gasteiger charge is 2.06. The van der Waals surface area contributed by atoms with Crippen LogP contribution >= 0.6 is 0 Å². The number of rotatable bonds is 5. The monoisotopic (exact) mass is 332 g/mol. The van der Waals surface area contributed by atoms with Gasteiger partial charge in [-0.05, 0) is 36.9 Å². The molecule has 0 radical (unpaired) electrons. The largest absolute Gasteiger partial charge is 0.310 e. The molecule has 1 amide bonds. The van der Waals surface area contributed by atoms with Gasteiger partial charge in [0.15, 0.2) is 0 Å². The van der Waals surface area contributed by atoms with Crippen LogP contribution in [0.2, 0.25) is 0 Å². The maximum Gasteiger partial charge on any atom is 0.229 e. The SMILES string of the molecule is C/C=C\C=C(/C)CC(=O)Nc1cc2cc(-c3cn[nH]c3)ccc2cn1. The molecule has 5 nitrogen and oxygen atoms in total. The smallest absolute Gasteiger partial charge is 0.229 e. The lowest BCUT2D eigenvalue weighted by atomic mass is 10.1. The van der Waals surface area contributed by atoms with E-state index in [-0.39, 0.29) is 5.91 Å². The van der Waals surface area contributed by atoms with Crippen molar-refractivity contribution in [2.75, 3.05) is 5.32 Å². The Morgan fingerprint density at radius 3 is 2.84 bits per heavy atom. The minimum atomic E-state index is -0.0731. The molecule has 0 aliphatic carbocycles. The lowest BCUT2D eigenvalue weighted by Crippen LogP contribution is -2.12. The van der Waals surface area contributed by atoms with Crippen LogP contribution in [-0.4, -0.2) is 21.1 Å². The lowest BCUT2D eigenvalue weighted by Gasteiger charge is -2.07. The fourth-order valence-electron chi connectivity index (χ4n) is 2.56. The van der Waals surface area contributed by atoms with E-state index >= 15 is 0 Å². The van der Waals surface area contributed by atoms with Crippen molar-refractivity contribution in [1.82, 2.24) is 15.2 Å². The van der Waals surface area contributed by atoms with Gasteiger partial charge in [-0.25, -0.2) is 4.98 Å². The summed E-state index contributed by atoms with van der Waals surface area (Å²) in [6, 6.07) is 8.00. The quantitative estimate of drug-likeness (QED) is 0.677. The van der Waals surface area contributed by atoms with Crippen LogP contribution in [0.15, 0.2) is 66.7 Å². The van der Waals surface area contributed by atoms with Gasteiger partial charge in [0.25, 0.3) is 0 Å². The first kappa shape index (κ1) is 16.6. The lowest BCUT2D eigenvalue weighted by molar-refractivity contribution is -0.115. The van der Waals surface area contributed by atoms with E-state index in [1.54, 1.807) is 12.4 Å². The molecule has 0 fully saturated rings. The van der Waals surface area contributed by atoms with Gasteiger partial charge < -0.3 is 5.32 Å². The van der Waals surface area contributed by atoms with Crippen LogP contribution in [0.25, 0.3) is 21.9 Å². The molecule has 3 rings (SSSR count). The second kappa shape index (κ2) is 7.57. The molecule has 0 unspecified atom stereocenters. The van der Waals surface area contributed by atoms with Crippen LogP contribution in [-0.2, 0) is 4.79 Å². The summed E-state index contributed by atoms with van der Waals surface area (Å²) in [5.41, 5.74) is 3.09. The van der Waals surface area contributed by atoms with Gasteiger partial charge in [-0.1, -0.05) is 35.9 Å². The van der Waals surface area contributed by atoms with Crippen molar-refractivity contribution >= 4 is 22.5 Å². The molecule has 25 heavy (non-hydrogen) atoms. The molecule has 126 valence electrons. The molecule has 0 aliphatic rings. The van der Waals surface area contributed by atoms with Gasteiger partial charge >= 0.3 is 0 Å². The molecule has 0 aliphatic heterocycles. The first-order chi connectivity index (χ1) is 12.2. The van der Waals surface area contributed by atoms with Gasteiger partial charge in [0, 0.05) is 29.8 Å². The first-order valence-corrected chi connectivity index (χ1v) is 8.13. The number of benzene rings is 1. The molecule has 0 bridgehead atoms. The molecule has 2 N–H and O–H groups in total. The van der Waals surface area contributed by atoms with E-state index in [0.717, 1.165) is 27.5 Å². The number of hydrogen-bond donors (Lipinski definition) is 2. The molecule has 2 aromatic heterocycles. The summed E-state index contributed by atoms with van der Waals surface area (Å²) in [7, 11) is 0. The topological polar surface area (TPSA) is 70.7 Å². The number of amides is 1. The Balaban J connectivity index is 1.79. The first-order valence-electron chi connectivity index (χ1n) is 8.13. The normalized spacial score (nSPS) is 12.0. The highest BCUT2D eigenvalue weighted by Crippen LogP contribution is 2.24. The van der Waals surface area contributed by atoms with Gasteiger partial charge in [-0.2, -0.15) is 5.10 Å². The van der Waals surface area contributed by atoms with E-state index in [1.807, 2.05) is 56.5 Å². The standard InChI is InChI=1S/C20H20N4O/c1-3-4-5-14(2)8-20(25)24-19-10-17-9-15(18-12-22-23-13-18)6-7-16(17)11-21-19/h3-7,9-13H,8H2,1-2H3,(H,22,23)(H,21,24,25)/b4-3-,14-5+. The Morgan fingerprint density at radius 1 is 1.20 bits per heavy atom. The molecule has 5 heteroatoms. The van der Waals surface area contributed by atoms with E-state index in [1.165, 1.54) is 0 Å². The van der Waals surface area contributed by atoms with Gasteiger partial charge in [0.1, 0.15) is 5.82 Å². The third-order valence-electron chi connectivity index (χ3n) is 3.83. The Morgan fingerprint density at radius 2 is 2.08 bits per heavy atom. The number of aromatic nitrogens is 3. The molecular weight excluding hydrogens is 312 g/mol. The fourth-order valence-corrected chi connectivity index (χ4v) is 2.56. The summed E-state index contributed by atoms with van der Waals surface area (Å²) in [5.74, 6) is 0.483. The number of H-pyrrole nitrogens is 1. The third kappa shape index (κ3) is 4.20. The molecule has 0 saturated carbocycles. The fraction of sp³-hybridized carbons (Fsp3) is 0.150. The van der Waals surface area contributed by atoms with E-state index in [0.29, 0.717) is 12.2 Å².